The van der Waals surface area contributed by atoms with E-state index >= 15 is 0 Å². The molecule has 1 amide bonds. The number of fused-ring (bicyclic) bond motifs is 1. The molecule has 4 heteroatoms. The van der Waals surface area contributed by atoms with Crippen LogP contribution in [0.2, 0.25) is 0 Å². The summed E-state index contributed by atoms with van der Waals surface area (Å²) in [7, 11) is 0. The van der Waals surface area contributed by atoms with E-state index in [-0.39, 0.29) is 12.1 Å². The zero-order valence-electron chi connectivity index (χ0n) is 11.7. The summed E-state index contributed by atoms with van der Waals surface area (Å²) in [5.74, 6) is 1.49. The number of carbonyl (C=O) groups excluding carboxylic acids is 1. The highest BCUT2D eigenvalue weighted by Gasteiger charge is 2.37. The number of hydrogen-bond donors (Lipinski definition) is 2. The minimum absolute atomic E-state index is 0.270. The van der Waals surface area contributed by atoms with Crippen molar-refractivity contribution in [2.75, 3.05) is 0 Å². The molecule has 18 heavy (non-hydrogen) atoms. The van der Waals surface area contributed by atoms with Crippen molar-refractivity contribution < 1.29 is 9.53 Å². The van der Waals surface area contributed by atoms with Crippen LogP contribution < -0.4 is 11.1 Å². The first kappa shape index (κ1) is 13.7. The second kappa shape index (κ2) is 5.08. The van der Waals surface area contributed by atoms with Crippen LogP contribution in [0.3, 0.4) is 0 Å². The molecule has 0 heterocycles. The Morgan fingerprint density at radius 1 is 1.17 bits per heavy atom. The lowest BCUT2D eigenvalue weighted by molar-refractivity contribution is 0.0476. The van der Waals surface area contributed by atoms with E-state index in [0.29, 0.717) is 12.0 Å². The summed E-state index contributed by atoms with van der Waals surface area (Å²) in [5, 5.41) is 3.00. The van der Waals surface area contributed by atoms with E-state index in [2.05, 4.69) is 5.32 Å². The maximum absolute atomic E-state index is 11.7. The van der Waals surface area contributed by atoms with Gasteiger partial charge in [-0.25, -0.2) is 4.79 Å². The van der Waals surface area contributed by atoms with Crippen molar-refractivity contribution >= 4 is 6.09 Å². The van der Waals surface area contributed by atoms with Crippen molar-refractivity contribution in [3.8, 4) is 0 Å². The molecular formula is C14H26N2O2. The van der Waals surface area contributed by atoms with Crippen molar-refractivity contribution in [2.45, 2.75) is 70.6 Å². The summed E-state index contributed by atoms with van der Waals surface area (Å²) < 4.78 is 5.30. The van der Waals surface area contributed by atoms with Gasteiger partial charge in [0.25, 0.3) is 0 Å². The van der Waals surface area contributed by atoms with Crippen LogP contribution in [0, 0.1) is 11.8 Å². The van der Waals surface area contributed by atoms with E-state index in [1.807, 2.05) is 20.8 Å². The van der Waals surface area contributed by atoms with Crippen LogP contribution in [-0.4, -0.2) is 23.8 Å². The quantitative estimate of drug-likeness (QED) is 0.755. The average Bonchev–Trinajstić information content (AvgIpc) is 2.53. The van der Waals surface area contributed by atoms with Crippen molar-refractivity contribution in [3.63, 3.8) is 0 Å². The molecule has 4 atom stereocenters. The third kappa shape index (κ3) is 3.61. The molecule has 4 nitrogen and oxygen atoms in total. The zero-order chi connectivity index (χ0) is 13.3. The number of amides is 1. The fourth-order valence-electron chi connectivity index (χ4n) is 3.40. The fourth-order valence-corrected chi connectivity index (χ4v) is 3.40. The molecule has 2 saturated carbocycles. The van der Waals surface area contributed by atoms with Gasteiger partial charge in [0, 0.05) is 12.1 Å². The molecule has 0 saturated heterocycles. The van der Waals surface area contributed by atoms with E-state index in [4.69, 9.17) is 10.5 Å². The van der Waals surface area contributed by atoms with Crippen LogP contribution in [-0.2, 0) is 4.74 Å². The molecule has 0 aromatic carbocycles. The molecule has 0 aromatic rings. The molecular weight excluding hydrogens is 228 g/mol. The topological polar surface area (TPSA) is 64.3 Å². The number of nitrogens with two attached hydrogens (primary N) is 1. The van der Waals surface area contributed by atoms with Crippen molar-refractivity contribution in [1.29, 1.82) is 0 Å². The summed E-state index contributed by atoms with van der Waals surface area (Å²) in [5.41, 5.74) is 5.59. The van der Waals surface area contributed by atoms with Gasteiger partial charge < -0.3 is 15.8 Å². The summed E-state index contributed by atoms with van der Waals surface area (Å²) in [6.45, 7) is 5.67. The Kier molecular flexibility index (Phi) is 3.85. The fraction of sp³-hybridized carbons (Fsp3) is 0.929. The van der Waals surface area contributed by atoms with E-state index in [9.17, 15) is 4.79 Å². The highest BCUT2D eigenvalue weighted by molar-refractivity contribution is 5.68. The van der Waals surface area contributed by atoms with Gasteiger partial charge in [0.15, 0.2) is 0 Å². The molecule has 0 aliphatic heterocycles. The Hall–Kier alpha value is -0.770. The van der Waals surface area contributed by atoms with Gasteiger partial charge in [0.05, 0.1) is 0 Å². The Bertz CT molecular complexity index is 311. The zero-order valence-corrected chi connectivity index (χ0v) is 11.7. The predicted octanol–water partition coefficient (Wildman–Crippen LogP) is 2.42. The highest BCUT2D eigenvalue weighted by atomic mass is 16.6. The van der Waals surface area contributed by atoms with Gasteiger partial charge in [-0.15, -0.1) is 0 Å². The number of alkyl carbamates (subject to hydrolysis) is 1. The van der Waals surface area contributed by atoms with Crippen molar-refractivity contribution in [3.05, 3.63) is 0 Å². The van der Waals surface area contributed by atoms with E-state index in [0.717, 1.165) is 25.2 Å². The Morgan fingerprint density at radius 2 is 1.83 bits per heavy atom. The summed E-state index contributed by atoms with van der Waals surface area (Å²) in [6, 6.07) is 0.645. The van der Waals surface area contributed by atoms with Gasteiger partial charge in [0.2, 0.25) is 0 Å². The molecule has 104 valence electrons. The van der Waals surface area contributed by atoms with Crippen LogP contribution in [0.4, 0.5) is 4.79 Å². The number of rotatable bonds is 1. The smallest absolute Gasteiger partial charge is 0.407 e. The number of hydrogen-bond acceptors (Lipinski definition) is 3. The molecule has 3 unspecified atom stereocenters. The van der Waals surface area contributed by atoms with Gasteiger partial charge in [-0.1, -0.05) is 0 Å². The molecule has 0 radical (unpaired) electrons. The first-order chi connectivity index (χ1) is 8.33. The number of nitrogens with one attached hydrogen (secondary N) is 1. The largest absolute Gasteiger partial charge is 0.444 e. The number of carbonyl (C=O) groups is 1. The van der Waals surface area contributed by atoms with Crippen LogP contribution in [0.5, 0.6) is 0 Å². The second-order valence-electron chi connectivity index (χ2n) is 6.91. The molecule has 2 aliphatic carbocycles. The molecule has 2 fully saturated rings. The summed E-state index contributed by atoms with van der Waals surface area (Å²) in [6.07, 6.45) is 5.33. The minimum Gasteiger partial charge on any atom is -0.444 e. The lowest BCUT2D eigenvalue weighted by atomic mass is 9.79. The third-order valence-corrected chi connectivity index (χ3v) is 4.07. The molecule has 2 rings (SSSR count). The first-order valence-electron chi connectivity index (χ1n) is 7.08. The first-order valence-corrected chi connectivity index (χ1v) is 7.08. The molecule has 0 aromatic heterocycles. The van der Waals surface area contributed by atoms with Crippen LogP contribution in [0.25, 0.3) is 0 Å². The van der Waals surface area contributed by atoms with Crippen LogP contribution in [0.1, 0.15) is 52.9 Å². The Balaban J connectivity index is 1.80. The SMILES string of the molecule is CC(C)(C)OC(=O)NC1CCC2C[C@H](N)CC2C1. The average molecular weight is 254 g/mol. The Labute approximate surface area is 110 Å². The maximum Gasteiger partial charge on any atom is 0.407 e. The van der Waals surface area contributed by atoms with Gasteiger partial charge in [-0.05, 0) is 64.7 Å². The molecule has 0 bridgehead atoms. The normalized spacial score (nSPS) is 36.0. The molecule has 3 N–H and O–H groups in total. The van der Waals surface area contributed by atoms with Crippen LogP contribution >= 0.6 is 0 Å². The van der Waals surface area contributed by atoms with E-state index < -0.39 is 5.60 Å². The minimum atomic E-state index is -0.420. The Morgan fingerprint density at radius 3 is 2.50 bits per heavy atom. The molecule has 0 spiro atoms. The predicted molar refractivity (Wildman–Crippen MR) is 71.2 cm³/mol. The third-order valence-electron chi connectivity index (χ3n) is 4.07. The van der Waals surface area contributed by atoms with Gasteiger partial charge in [-0.3, -0.25) is 0 Å². The lowest BCUT2D eigenvalue weighted by Gasteiger charge is -2.32. The van der Waals surface area contributed by atoms with Gasteiger partial charge >= 0.3 is 6.09 Å². The van der Waals surface area contributed by atoms with Crippen LogP contribution in [0.15, 0.2) is 0 Å². The monoisotopic (exact) mass is 254 g/mol. The van der Waals surface area contributed by atoms with E-state index in [1.165, 1.54) is 12.8 Å². The number of ether oxygens (including phenoxy) is 1. The molecule has 2 aliphatic rings. The maximum atomic E-state index is 11.7. The highest BCUT2D eigenvalue weighted by Crippen LogP contribution is 2.41. The lowest BCUT2D eigenvalue weighted by Crippen LogP contribution is -2.42. The van der Waals surface area contributed by atoms with Gasteiger partial charge in [-0.2, -0.15) is 0 Å². The van der Waals surface area contributed by atoms with Crippen molar-refractivity contribution in [1.82, 2.24) is 5.32 Å². The summed E-state index contributed by atoms with van der Waals surface area (Å²) >= 11 is 0. The van der Waals surface area contributed by atoms with Crippen molar-refractivity contribution in [2.24, 2.45) is 17.6 Å². The summed E-state index contributed by atoms with van der Waals surface area (Å²) in [4.78, 5) is 11.7. The van der Waals surface area contributed by atoms with Gasteiger partial charge in [0.1, 0.15) is 5.60 Å². The standard InChI is InChI=1S/C14H26N2O2/c1-14(2,3)18-13(17)16-12-5-4-9-6-11(15)7-10(9)8-12/h9-12H,4-8,15H2,1-3H3,(H,16,17)/t9?,10?,11-,12?/m0/s1. The second-order valence-corrected chi connectivity index (χ2v) is 6.91. The van der Waals surface area contributed by atoms with E-state index in [1.54, 1.807) is 0 Å².